The first-order valence-corrected chi connectivity index (χ1v) is 10.3. The van der Waals surface area contributed by atoms with Crippen LogP contribution in [0.3, 0.4) is 0 Å². The molecule has 1 amide bonds. The number of rotatable bonds is 4. The molecule has 0 spiro atoms. The molecule has 0 bridgehead atoms. The maximum absolute atomic E-state index is 13.0. The number of ether oxygens (including phenoxy) is 1. The zero-order valence-electron chi connectivity index (χ0n) is 15.8. The molecule has 1 aliphatic carbocycles. The molecule has 7 nitrogen and oxygen atoms in total. The SMILES string of the molecule is Cl.O=C(Nc1cc2cccnc2cc1O[C@@H]1CC[C@H](O)C1)c1csc2cncnc12. The highest BCUT2D eigenvalue weighted by Gasteiger charge is 2.26. The molecular formula is C21H19ClN4O3S. The molecule has 0 unspecified atom stereocenters. The molecule has 2 atom stereocenters. The van der Waals surface area contributed by atoms with Gasteiger partial charge in [-0.2, -0.15) is 0 Å². The molecule has 4 aromatic rings. The van der Waals surface area contributed by atoms with Gasteiger partial charge in [-0.05, 0) is 25.0 Å². The molecule has 3 heterocycles. The van der Waals surface area contributed by atoms with E-state index in [-0.39, 0.29) is 30.5 Å². The molecule has 1 aromatic carbocycles. The average molecular weight is 443 g/mol. The van der Waals surface area contributed by atoms with E-state index in [9.17, 15) is 9.90 Å². The average Bonchev–Trinajstić information content (AvgIpc) is 3.34. The minimum atomic E-state index is -0.339. The van der Waals surface area contributed by atoms with Gasteiger partial charge in [0.05, 0.1) is 33.1 Å². The van der Waals surface area contributed by atoms with E-state index >= 15 is 0 Å². The maximum atomic E-state index is 13.0. The highest BCUT2D eigenvalue weighted by molar-refractivity contribution is 7.17. The summed E-state index contributed by atoms with van der Waals surface area (Å²) in [6.07, 6.45) is 6.52. The number of benzene rings is 1. The number of amides is 1. The smallest absolute Gasteiger partial charge is 0.258 e. The van der Waals surface area contributed by atoms with Crippen LogP contribution in [0.4, 0.5) is 5.69 Å². The summed E-state index contributed by atoms with van der Waals surface area (Å²) in [6, 6.07) is 7.49. The van der Waals surface area contributed by atoms with E-state index in [1.807, 2.05) is 24.3 Å². The summed E-state index contributed by atoms with van der Waals surface area (Å²) in [5.74, 6) is 0.298. The highest BCUT2D eigenvalue weighted by atomic mass is 35.5. The van der Waals surface area contributed by atoms with Crippen molar-refractivity contribution in [2.75, 3.05) is 5.32 Å². The number of carbonyl (C=O) groups is 1. The van der Waals surface area contributed by atoms with Crippen molar-refractivity contribution in [3.63, 3.8) is 0 Å². The highest BCUT2D eigenvalue weighted by Crippen LogP contribution is 2.34. The normalized spacial score (nSPS) is 18.3. The van der Waals surface area contributed by atoms with E-state index in [0.29, 0.717) is 28.9 Å². The lowest BCUT2D eigenvalue weighted by atomic mass is 10.1. The number of pyridine rings is 1. The fourth-order valence-electron chi connectivity index (χ4n) is 3.63. The number of carbonyl (C=O) groups excluding carboxylic acids is 1. The fraction of sp³-hybridized carbons (Fsp3) is 0.238. The molecule has 1 saturated carbocycles. The minimum absolute atomic E-state index is 0. The number of nitrogens with zero attached hydrogens (tertiary/aromatic N) is 3. The van der Waals surface area contributed by atoms with Gasteiger partial charge < -0.3 is 15.2 Å². The largest absolute Gasteiger partial charge is 0.488 e. The molecule has 0 saturated heterocycles. The van der Waals surface area contributed by atoms with Crippen LogP contribution in [0.2, 0.25) is 0 Å². The van der Waals surface area contributed by atoms with E-state index in [1.54, 1.807) is 17.8 Å². The van der Waals surface area contributed by atoms with Crippen molar-refractivity contribution >= 4 is 56.5 Å². The summed E-state index contributed by atoms with van der Waals surface area (Å²) in [6.45, 7) is 0. The van der Waals surface area contributed by atoms with Gasteiger partial charge in [0.1, 0.15) is 18.2 Å². The summed E-state index contributed by atoms with van der Waals surface area (Å²) in [4.78, 5) is 25.6. The van der Waals surface area contributed by atoms with Crippen LogP contribution in [-0.4, -0.2) is 38.2 Å². The van der Waals surface area contributed by atoms with Gasteiger partial charge in [0, 0.05) is 35.6 Å². The Morgan fingerprint density at radius 2 is 2.17 bits per heavy atom. The predicted molar refractivity (Wildman–Crippen MR) is 119 cm³/mol. The molecule has 2 N–H and O–H groups in total. The van der Waals surface area contributed by atoms with E-state index in [1.165, 1.54) is 17.7 Å². The van der Waals surface area contributed by atoms with Crippen LogP contribution in [-0.2, 0) is 0 Å². The molecule has 3 aromatic heterocycles. The van der Waals surface area contributed by atoms with E-state index in [4.69, 9.17) is 4.74 Å². The molecule has 154 valence electrons. The van der Waals surface area contributed by atoms with Crippen molar-refractivity contribution in [2.45, 2.75) is 31.5 Å². The van der Waals surface area contributed by atoms with Crippen LogP contribution in [0.25, 0.3) is 21.1 Å². The molecule has 5 rings (SSSR count). The number of halogens is 1. The molecule has 1 aliphatic rings. The number of aromatic nitrogens is 3. The van der Waals surface area contributed by atoms with Gasteiger partial charge in [-0.25, -0.2) is 9.97 Å². The number of aliphatic hydroxyl groups is 1. The van der Waals surface area contributed by atoms with Gasteiger partial charge >= 0.3 is 0 Å². The van der Waals surface area contributed by atoms with E-state index in [2.05, 4.69) is 20.3 Å². The summed E-state index contributed by atoms with van der Waals surface area (Å²) < 4.78 is 7.01. The summed E-state index contributed by atoms with van der Waals surface area (Å²) in [5, 5.41) is 15.5. The van der Waals surface area contributed by atoms with Crippen molar-refractivity contribution in [1.29, 1.82) is 0 Å². The first-order chi connectivity index (χ1) is 14.2. The number of hydrogen-bond acceptors (Lipinski definition) is 7. The third-order valence-corrected chi connectivity index (χ3v) is 5.99. The van der Waals surface area contributed by atoms with Crippen molar-refractivity contribution in [2.24, 2.45) is 0 Å². The molecular weight excluding hydrogens is 424 g/mol. The topological polar surface area (TPSA) is 97.2 Å². The van der Waals surface area contributed by atoms with Crippen molar-refractivity contribution < 1.29 is 14.6 Å². The standard InChI is InChI=1S/C21H18N4O3S.ClH/c26-13-3-4-14(7-13)28-18-8-16-12(2-1-5-23-16)6-17(18)25-21(27)15-10-29-19-9-22-11-24-20(15)19;/h1-2,5-6,8-11,13-14,26H,3-4,7H2,(H,25,27);1H/t13-,14+;/m0./s1. The van der Waals surface area contributed by atoms with Gasteiger partial charge in [0.2, 0.25) is 0 Å². The van der Waals surface area contributed by atoms with Crippen LogP contribution >= 0.6 is 23.7 Å². The lowest BCUT2D eigenvalue weighted by molar-refractivity contribution is 0.102. The predicted octanol–water partition coefficient (Wildman–Crippen LogP) is 4.21. The number of aliphatic hydroxyl groups excluding tert-OH is 1. The Hall–Kier alpha value is -2.81. The van der Waals surface area contributed by atoms with Crippen molar-refractivity contribution in [3.8, 4) is 5.75 Å². The Labute approximate surface area is 182 Å². The number of anilines is 1. The number of hydrogen-bond donors (Lipinski definition) is 2. The second-order valence-electron chi connectivity index (χ2n) is 7.09. The molecule has 30 heavy (non-hydrogen) atoms. The minimum Gasteiger partial charge on any atom is -0.488 e. The molecule has 0 radical (unpaired) electrons. The van der Waals surface area contributed by atoms with Gasteiger partial charge in [-0.15, -0.1) is 23.7 Å². The first kappa shape index (κ1) is 20.5. The zero-order valence-corrected chi connectivity index (χ0v) is 17.4. The van der Waals surface area contributed by atoms with Crippen LogP contribution in [0, 0.1) is 0 Å². The molecule has 9 heteroatoms. The van der Waals surface area contributed by atoms with Crippen LogP contribution in [0.5, 0.6) is 5.75 Å². The Morgan fingerprint density at radius 1 is 1.27 bits per heavy atom. The first-order valence-electron chi connectivity index (χ1n) is 9.39. The molecule has 0 aliphatic heterocycles. The number of thiophene rings is 1. The van der Waals surface area contributed by atoms with Gasteiger partial charge in [-0.3, -0.25) is 9.78 Å². The van der Waals surface area contributed by atoms with Crippen molar-refractivity contribution in [1.82, 2.24) is 15.0 Å². The molecule has 1 fully saturated rings. The zero-order chi connectivity index (χ0) is 19.8. The van der Waals surface area contributed by atoms with Gasteiger partial charge in [0.15, 0.2) is 0 Å². The Bertz CT molecular complexity index is 1220. The van der Waals surface area contributed by atoms with E-state index < -0.39 is 0 Å². The number of fused-ring (bicyclic) bond motifs is 2. The lowest BCUT2D eigenvalue weighted by Crippen LogP contribution is -2.17. The van der Waals surface area contributed by atoms with Crippen LogP contribution < -0.4 is 10.1 Å². The summed E-state index contributed by atoms with van der Waals surface area (Å²) in [5.41, 5.74) is 2.49. The van der Waals surface area contributed by atoms with Crippen molar-refractivity contribution in [3.05, 3.63) is 53.9 Å². The fourth-order valence-corrected chi connectivity index (χ4v) is 4.49. The Morgan fingerprint density at radius 3 is 3.00 bits per heavy atom. The summed E-state index contributed by atoms with van der Waals surface area (Å²) in [7, 11) is 0. The lowest BCUT2D eigenvalue weighted by Gasteiger charge is -2.18. The van der Waals surface area contributed by atoms with Crippen LogP contribution in [0.1, 0.15) is 29.6 Å². The maximum Gasteiger partial charge on any atom is 0.258 e. The summed E-state index contributed by atoms with van der Waals surface area (Å²) >= 11 is 1.43. The third-order valence-electron chi connectivity index (χ3n) is 5.09. The second kappa shape index (κ2) is 8.51. The monoisotopic (exact) mass is 442 g/mol. The van der Waals surface area contributed by atoms with Gasteiger partial charge in [-0.1, -0.05) is 6.07 Å². The Kier molecular flexibility index (Phi) is 5.80. The Balaban J connectivity index is 0.00000218. The second-order valence-corrected chi connectivity index (χ2v) is 8.00. The van der Waals surface area contributed by atoms with E-state index in [0.717, 1.165) is 28.4 Å². The number of nitrogens with one attached hydrogen (secondary N) is 1. The van der Waals surface area contributed by atoms with Gasteiger partial charge in [0.25, 0.3) is 5.91 Å². The third kappa shape index (κ3) is 3.94. The quantitative estimate of drug-likeness (QED) is 0.491. The van der Waals surface area contributed by atoms with Crippen LogP contribution in [0.15, 0.2) is 48.4 Å².